The number of hydrogen-bond donors (Lipinski definition) is 1. The van der Waals surface area contributed by atoms with Crippen LogP contribution < -0.4 is 5.32 Å². The molecule has 0 aliphatic carbocycles. The molecule has 1 amide bonds. The minimum atomic E-state index is -0.730. The van der Waals surface area contributed by atoms with E-state index in [9.17, 15) is 14.4 Å². The van der Waals surface area contributed by atoms with Crippen LogP contribution in [0.3, 0.4) is 0 Å². The Hall–Kier alpha value is -2.12. The van der Waals surface area contributed by atoms with Gasteiger partial charge in [0.25, 0.3) is 5.91 Å². The van der Waals surface area contributed by atoms with Crippen molar-refractivity contribution in [2.45, 2.75) is 0 Å². The molecule has 8 heteroatoms. The maximum atomic E-state index is 11.8. The monoisotopic (exact) mass is 399 g/mol. The van der Waals surface area contributed by atoms with Gasteiger partial charge in [-0.15, -0.1) is 0 Å². The fourth-order valence-corrected chi connectivity index (χ4v) is 2.02. The summed E-state index contributed by atoms with van der Waals surface area (Å²) in [6.45, 7) is -0.784. The summed E-state index contributed by atoms with van der Waals surface area (Å²) in [5.74, 6) is -1.60. The van der Waals surface area contributed by atoms with E-state index < -0.39 is 18.5 Å². The zero-order chi connectivity index (χ0) is 16.8. The summed E-state index contributed by atoms with van der Waals surface area (Å²) in [4.78, 5) is 35.0. The Kier molecular flexibility index (Phi) is 5.95. The lowest BCUT2D eigenvalue weighted by Crippen LogP contribution is -2.31. The summed E-state index contributed by atoms with van der Waals surface area (Å²) in [7, 11) is 0. The number of ether oxygens (including phenoxy) is 1. The lowest BCUT2D eigenvalue weighted by Gasteiger charge is -2.05. The molecule has 6 nitrogen and oxygen atoms in total. The lowest BCUT2D eigenvalue weighted by atomic mass is 10.1. The van der Waals surface area contributed by atoms with Crippen molar-refractivity contribution in [3.63, 3.8) is 0 Å². The van der Waals surface area contributed by atoms with Crippen LogP contribution in [0.2, 0.25) is 5.02 Å². The molecule has 0 saturated carbocycles. The van der Waals surface area contributed by atoms with Gasteiger partial charge in [-0.05, 0) is 52.3 Å². The minimum absolute atomic E-state index is 0.0573. The van der Waals surface area contributed by atoms with Gasteiger partial charge >= 0.3 is 5.97 Å². The maximum absolute atomic E-state index is 11.8. The first-order chi connectivity index (χ1) is 11.0. The van der Waals surface area contributed by atoms with E-state index in [0.29, 0.717) is 15.3 Å². The van der Waals surface area contributed by atoms with Crippen LogP contribution in [0, 0.1) is 0 Å². The van der Waals surface area contributed by atoms with Gasteiger partial charge in [0, 0.05) is 10.6 Å². The molecule has 120 valence electrons. The third-order valence-electron chi connectivity index (χ3n) is 2.72. The first-order valence-corrected chi connectivity index (χ1v) is 7.61. The number of furan rings is 1. The van der Waals surface area contributed by atoms with Gasteiger partial charge in [-0.1, -0.05) is 11.6 Å². The van der Waals surface area contributed by atoms with Gasteiger partial charge in [0.2, 0.25) is 0 Å². The highest BCUT2D eigenvalue weighted by atomic mass is 79.9. The molecular formula is C15H11BrClNO5. The van der Waals surface area contributed by atoms with Crippen LogP contribution in [-0.4, -0.2) is 30.8 Å². The number of ketones is 1. The second-order valence-corrected chi connectivity index (χ2v) is 5.60. The molecule has 23 heavy (non-hydrogen) atoms. The van der Waals surface area contributed by atoms with E-state index in [1.54, 1.807) is 18.2 Å². The second kappa shape index (κ2) is 7.94. The SMILES string of the molecule is O=C(CNC(=O)c1ccc(Br)o1)OCC(=O)c1ccc(Cl)cc1. The number of carbonyl (C=O) groups is 3. The maximum Gasteiger partial charge on any atom is 0.325 e. The van der Waals surface area contributed by atoms with Gasteiger partial charge in [-0.25, -0.2) is 0 Å². The molecule has 0 unspecified atom stereocenters. The molecule has 0 aliphatic rings. The van der Waals surface area contributed by atoms with Gasteiger partial charge in [0.1, 0.15) is 6.54 Å². The zero-order valence-corrected chi connectivity index (χ0v) is 14.0. The van der Waals surface area contributed by atoms with Crippen LogP contribution >= 0.6 is 27.5 Å². The van der Waals surface area contributed by atoms with E-state index in [1.807, 2.05) is 0 Å². The number of halogens is 2. The third-order valence-corrected chi connectivity index (χ3v) is 3.40. The number of rotatable bonds is 6. The highest BCUT2D eigenvalue weighted by molar-refractivity contribution is 9.10. The molecule has 0 saturated heterocycles. The molecule has 2 rings (SSSR count). The van der Waals surface area contributed by atoms with Crippen molar-refractivity contribution in [1.82, 2.24) is 5.32 Å². The van der Waals surface area contributed by atoms with Crippen LogP contribution in [0.15, 0.2) is 45.5 Å². The van der Waals surface area contributed by atoms with E-state index in [1.165, 1.54) is 18.2 Å². The van der Waals surface area contributed by atoms with Gasteiger partial charge < -0.3 is 14.5 Å². The van der Waals surface area contributed by atoms with E-state index in [4.69, 9.17) is 20.8 Å². The van der Waals surface area contributed by atoms with E-state index in [0.717, 1.165) is 0 Å². The fourth-order valence-electron chi connectivity index (χ4n) is 1.59. The average Bonchev–Trinajstić information content (AvgIpc) is 2.97. The molecule has 0 fully saturated rings. The summed E-state index contributed by atoms with van der Waals surface area (Å²) in [5.41, 5.74) is 0.381. The fraction of sp³-hybridized carbons (Fsp3) is 0.133. The predicted octanol–water partition coefficient (Wildman–Crippen LogP) is 2.85. The van der Waals surface area contributed by atoms with Crippen LogP contribution in [0.25, 0.3) is 0 Å². The first-order valence-electron chi connectivity index (χ1n) is 6.43. The number of benzene rings is 1. The first kappa shape index (κ1) is 17.2. The molecule has 2 aromatic rings. The molecule has 1 aromatic carbocycles. The minimum Gasteiger partial charge on any atom is -0.456 e. The smallest absolute Gasteiger partial charge is 0.325 e. The van der Waals surface area contributed by atoms with Crippen molar-refractivity contribution in [2.75, 3.05) is 13.2 Å². The van der Waals surface area contributed by atoms with Crippen LogP contribution in [0.1, 0.15) is 20.9 Å². The van der Waals surface area contributed by atoms with Crippen molar-refractivity contribution in [2.24, 2.45) is 0 Å². The second-order valence-electron chi connectivity index (χ2n) is 4.38. The van der Waals surface area contributed by atoms with Crippen molar-refractivity contribution in [1.29, 1.82) is 0 Å². The number of amides is 1. The Morgan fingerprint density at radius 1 is 1.13 bits per heavy atom. The van der Waals surface area contributed by atoms with E-state index in [-0.39, 0.29) is 18.1 Å². The molecule has 1 aromatic heterocycles. The Morgan fingerprint density at radius 2 is 1.83 bits per heavy atom. The summed E-state index contributed by atoms with van der Waals surface area (Å²) in [5, 5.41) is 2.83. The van der Waals surface area contributed by atoms with Crippen molar-refractivity contribution < 1.29 is 23.5 Å². The van der Waals surface area contributed by atoms with Crippen LogP contribution in [0.4, 0.5) is 0 Å². The summed E-state index contributed by atoms with van der Waals surface area (Å²) in [6, 6.07) is 9.22. The predicted molar refractivity (Wildman–Crippen MR) is 85.5 cm³/mol. The van der Waals surface area contributed by atoms with Gasteiger partial charge in [-0.3, -0.25) is 14.4 Å². The van der Waals surface area contributed by atoms with Crippen molar-refractivity contribution in [3.05, 3.63) is 57.4 Å². The standard InChI is InChI=1S/C15H11BrClNO5/c16-13-6-5-12(23-13)15(21)18-7-14(20)22-8-11(19)9-1-3-10(17)4-2-9/h1-6H,7-8H2,(H,18,21). The Balaban J connectivity index is 1.75. The van der Waals surface area contributed by atoms with Crippen LogP contribution in [0.5, 0.6) is 0 Å². The lowest BCUT2D eigenvalue weighted by molar-refractivity contribution is -0.141. The number of Topliss-reactive ketones (excluding diaryl/α,β-unsaturated/α-hetero) is 1. The zero-order valence-electron chi connectivity index (χ0n) is 11.7. The highest BCUT2D eigenvalue weighted by Gasteiger charge is 2.14. The Bertz CT molecular complexity index is 726. The Morgan fingerprint density at radius 3 is 2.43 bits per heavy atom. The number of esters is 1. The normalized spacial score (nSPS) is 10.2. The van der Waals surface area contributed by atoms with Crippen molar-refractivity contribution in [3.8, 4) is 0 Å². The van der Waals surface area contributed by atoms with E-state index in [2.05, 4.69) is 21.2 Å². The van der Waals surface area contributed by atoms with Crippen LogP contribution in [-0.2, 0) is 9.53 Å². The number of carbonyl (C=O) groups excluding carboxylic acids is 3. The molecule has 0 radical (unpaired) electrons. The number of nitrogens with one attached hydrogen (secondary N) is 1. The molecule has 1 N–H and O–H groups in total. The summed E-state index contributed by atoms with van der Waals surface area (Å²) < 4.78 is 10.2. The summed E-state index contributed by atoms with van der Waals surface area (Å²) >= 11 is 8.78. The van der Waals surface area contributed by atoms with E-state index >= 15 is 0 Å². The van der Waals surface area contributed by atoms with Gasteiger partial charge in [0.15, 0.2) is 22.8 Å². The molecular weight excluding hydrogens is 390 g/mol. The third kappa shape index (κ3) is 5.22. The largest absolute Gasteiger partial charge is 0.456 e. The average molecular weight is 401 g/mol. The van der Waals surface area contributed by atoms with Gasteiger partial charge in [0.05, 0.1) is 0 Å². The summed E-state index contributed by atoms with van der Waals surface area (Å²) in [6.07, 6.45) is 0. The molecule has 0 spiro atoms. The molecule has 0 bridgehead atoms. The quantitative estimate of drug-likeness (QED) is 0.595. The Labute approximate surface area is 144 Å². The topological polar surface area (TPSA) is 85.6 Å². The van der Waals surface area contributed by atoms with Crippen molar-refractivity contribution >= 4 is 45.2 Å². The highest BCUT2D eigenvalue weighted by Crippen LogP contribution is 2.13. The molecule has 1 heterocycles. The molecule has 0 aliphatic heterocycles. The molecule has 0 atom stereocenters. The number of hydrogen-bond acceptors (Lipinski definition) is 5. The van der Waals surface area contributed by atoms with Gasteiger partial charge in [-0.2, -0.15) is 0 Å².